The molecular formula is C25H38N2O2. The second-order valence-electron chi connectivity index (χ2n) is 11.2. The topological polar surface area (TPSA) is 51.2 Å². The molecule has 4 saturated carbocycles. The number of nitrogens with zero attached hydrogens (tertiary/aromatic N) is 1. The van der Waals surface area contributed by atoms with Crippen LogP contribution in [0.2, 0.25) is 0 Å². The number of pyridine rings is 1. The van der Waals surface area contributed by atoms with Gasteiger partial charge in [0.15, 0.2) is 0 Å². The number of carbonyl (C=O) groups is 1. The minimum atomic E-state index is -0.459. The van der Waals surface area contributed by atoms with Crippen LogP contribution in [-0.2, 0) is 11.2 Å². The summed E-state index contributed by atoms with van der Waals surface area (Å²) in [5.41, 5.74) is 1.38. The third-order valence-electron chi connectivity index (χ3n) is 7.44. The van der Waals surface area contributed by atoms with Gasteiger partial charge in [0.05, 0.1) is 0 Å². The number of nitrogens with one attached hydrogen (secondary N) is 1. The number of amides is 1. The van der Waals surface area contributed by atoms with Crippen molar-refractivity contribution in [2.24, 2.45) is 23.2 Å². The van der Waals surface area contributed by atoms with Crippen molar-refractivity contribution in [2.75, 3.05) is 0 Å². The van der Waals surface area contributed by atoms with Crippen molar-refractivity contribution in [3.63, 3.8) is 0 Å². The second-order valence-corrected chi connectivity index (χ2v) is 11.2. The van der Waals surface area contributed by atoms with Gasteiger partial charge in [0, 0.05) is 18.4 Å². The van der Waals surface area contributed by atoms with E-state index < -0.39 is 5.60 Å². The average molecular weight is 399 g/mol. The molecule has 1 aromatic rings. The van der Waals surface area contributed by atoms with Crippen LogP contribution in [0.4, 0.5) is 4.79 Å². The molecule has 0 aromatic carbocycles. The van der Waals surface area contributed by atoms with E-state index in [2.05, 4.69) is 22.4 Å². The number of alkyl carbamates (subject to hydrolysis) is 1. The third-order valence-corrected chi connectivity index (χ3v) is 7.44. The van der Waals surface area contributed by atoms with Gasteiger partial charge in [-0.15, -0.1) is 0 Å². The van der Waals surface area contributed by atoms with Crippen molar-refractivity contribution in [3.8, 4) is 0 Å². The molecule has 0 radical (unpaired) electrons. The van der Waals surface area contributed by atoms with E-state index in [0.717, 1.165) is 37.0 Å². The fraction of sp³-hybridized carbons (Fsp3) is 0.760. The van der Waals surface area contributed by atoms with Crippen LogP contribution in [0.15, 0.2) is 24.5 Å². The van der Waals surface area contributed by atoms with Gasteiger partial charge in [0.1, 0.15) is 5.60 Å². The van der Waals surface area contributed by atoms with Gasteiger partial charge in [-0.25, -0.2) is 4.79 Å². The highest BCUT2D eigenvalue weighted by Crippen LogP contribution is 2.61. The summed E-state index contributed by atoms with van der Waals surface area (Å²) in [6, 6.07) is 4.32. The Hall–Kier alpha value is -1.58. The lowest BCUT2D eigenvalue weighted by Crippen LogP contribution is -2.47. The van der Waals surface area contributed by atoms with Gasteiger partial charge in [-0.2, -0.15) is 0 Å². The molecule has 0 spiro atoms. The van der Waals surface area contributed by atoms with E-state index in [0.29, 0.717) is 5.41 Å². The van der Waals surface area contributed by atoms with Crippen LogP contribution < -0.4 is 5.32 Å². The Kier molecular flexibility index (Phi) is 5.90. The van der Waals surface area contributed by atoms with Crippen molar-refractivity contribution < 1.29 is 9.53 Å². The van der Waals surface area contributed by atoms with Crippen LogP contribution in [0.25, 0.3) is 0 Å². The molecule has 4 nitrogen and oxygen atoms in total. The number of aryl methyl sites for hydroxylation is 1. The molecule has 1 unspecified atom stereocenters. The molecule has 160 valence electrons. The second kappa shape index (κ2) is 8.28. The highest BCUT2D eigenvalue weighted by molar-refractivity contribution is 5.68. The summed E-state index contributed by atoms with van der Waals surface area (Å²) < 4.78 is 5.56. The Morgan fingerprint density at radius 3 is 2.24 bits per heavy atom. The molecule has 0 saturated heterocycles. The molecule has 4 heteroatoms. The predicted molar refractivity (Wildman–Crippen MR) is 116 cm³/mol. The molecule has 1 N–H and O–H groups in total. The lowest BCUT2D eigenvalue weighted by atomic mass is 9.48. The zero-order valence-corrected chi connectivity index (χ0v) is 18.5. The minimum Gasteiger partial charge on any atom is -0.444 e. The number of aromatic nitrogens is 1. The summed E-state index contributed by atoms with van der Waals surface area (Å²) in [6.07, 6.45) is 16.4. The molecule has 5 rings (SSSR count). The molecule has 1 aromatic heterocycles. The lowest BCUT2D eigenvalue weighted by molar-refractivity contribution is -0.0594. The van der Waals surface area contributed by atoms with Gasteiger partial charge in [-0.1, -0.05) is 0 Å². The van der Waals surface area contributed by atoms with Crippen molar-refractivity contribution in [1.29, 1.82) is 0 Å². The number of carbonyl (C=O) groups excluding carboxylic acids is 1. The smallest absolute Gasteiger partial charge is 0.407 e. The molecule has 4 aliphatic rings. The molecule has 4 bridgehead atoms. The number of hydrogen-bond acceptors (Lipinski definition) is 3. The van der Waals surface area contributed by atoms with Crippen molar-refractivity contribution in [1.82, 2.24) is 10.3 Å². The molecule has 0 aliphatic heterocycles. The summed E-state index contributed by atoms with van der Waals surface area (Å²) in [7, 11) is 0. The van der Waals surface area contributed by atoms with E-state index in [9.17, 15) is 4.79 Å². The maximum absolute atomic E-state index is 12.5. The SMILES string of the molecule is CC(C)(C)OC(=O)NC(CCc1ccncc1)CCC12CC3CC(CC(C3)C1)C2. The first-order valence-corrected chi connectivity index (χ1v) is 11.7. The number of ether oxygens (including phenoxy) is 1. The Bertz CT molecular complexity index is 659. The maximum Gasteiger partial charge on any atom is 0.407 e. The fourth-order valence-corrected chi connectivity index (χ4v) is 6.73. The van der Waals surface area contributed by atoms with E-state index in [4.69, 9.17) is 4.74 Å². The summed E-state index contributed by atoms with van der Waals surface area (Å²) >= 11 is 0. The maximum atomic E-state index is 12.5. The van der Waals surface area contributed by atoms with Crippen LogP contribution in [0.3, 0.4) is 0 Å². The molecule has 1 heterocycles. The Labute approximate surface area is 176 Å². The van der Waals surface area contributed by atoms with Gasteiger partial charge in [0.25, 0.3) is 0 Å². The quantitative estimate of drug-likeness (QED) is 0.622. The van der Waals surface area contributed by atoms with Crippen LogP contribution in [0, 0.1) is 23.2 Å². The van der Waals surface area contributed by atoms with E-state index in [1.807, 2.05) is 33.2 Å². The van der Waals surface area contributed by atoms with Gasteiger partial charge in [-0.05, 0) is 126 Å². The van der Waals surface area contributed by atoms with Crippen LogP contribution in [0.5, 0.6) is 0 Å². The number of hydrogen-bond donors (Lipinski definition) is 1. The standard InChI is InChI=1S/C25H38N2O2/c1-24(2,3)29-23(28)27-22(5-4-18-7-10-26-11-8-18)6-9-25-15-19-12-20(16-25)14-21(13-19)17-25/h7-8,10-11,19-22H,4-6,9,12-17H2,1-3H3,(H,27,28). The van der Waals surface area contributed by atoms with E-state index in [1.165, 1.54) is 50.5 Å². The van der Waals surface area contributed by atoms with Crippen molar-refractivity contribution in [3.05, 3.63) is 30.1 Å². The molecule has 29 heavy (non-hydrogen) atoms. The van der Waals surface area contributed by atoms with E-state index in [1.54, 1.807) is 0 Å². The Balaban J connectivity index is 1.37. The van der Waals surface area contributed by atoms with Gasteiger partial charge in [-0.3, -0.25) is 4.98 Å². The highest BCUT2D eigenvalue weighted by Gasteiger charge is 2.50. The molecule has 1 atom stereocenters. The van der Waals surface area contributed by atoms with E-state index in [-0.39, 0.29) is 12.1 Å². The van der Waals surface area contributed by atoms with Crippen LogP contribution >= 0.6 is 0 Å². The molecular weight excluding hydrogens is 360 g/mol. The summed E-state index contributed by atoms with van der Waals surface area (Å²) in [5.74, 6) is 2.95. The first-order valence-electron chi connectivity index (χ1n) is 11.7. The first kappa shape index (κ1) is 20.7. The predicted octanol–water partition coefficient (Wildman–Crippen LogP) is 5.90. The summed E-state index contributed by atoms with van der Waals surface area (Å²) in [5, 5.41) is 3.20. The zero-order chi connectivity index (χ0) is 20.5. The monoisotopic (exact) mass is 398 g/mol. The average Bonchev–Trinajstić information content (AvgIpc) is 2.62. The van der Waals surface area contributed by atoms with Crippen molar-refractivity contribution >= 4 is 6.09 Å². The highest BCUT2D eigenvalue weighted by atomic mass is 16.6. The molecule has 4 aliphatic carbocycles. The van der Waals surface area contributed by atoms with Crippen molar-refractivity contribution in [2.45, 2.75) is 96.6 Å². The van der Waals surface area contributed by atoms with Gasteiger partial charge in [0.2, 0.25) is 0 Å². The minimum absolute atomic E-state index is 0.172. The van der Waals surface area contributed by atoms with Gasteiger partial charge < -0.3 is 10.1 Å². The Morgan fingerprint density at radius 2 is 1.69 bits per heavy atom. The summed E-state index contributed by atoms with van der Waals surface area (Å²) in [4.78, 5) is 16.6. The largest absolute Gasteiger partial charge is 0.444 e. The zero-order valence-electron chi connectivity index (χ0n) is 18.5. The van der Waals surface area contributed by atoms with E-state index >= 15 is 0 Å². The molecule has 4 fully saturated rings. The summed E-state index contributed by atoms with van der Waals surface area (Å²) in [6.45, 7) is 5.77. The first-order chi connectivity index (χ1) is 13.8. The van der Waals surface area contributed by atoms with Gasteiger partial charge >= 0.3 is 6.09 Å². The van der Waals surface area contributed by atoms with Crippen LogP contribution in [-0.4, -0.2) is 22.7 Å². The molecule has 1 amide bonds. The number of rotatable bonds is 7. The Morgan fingerprint density at radius 1 is 1.10 bits per heavy atom. The lowest BCUT2D eigenvalue weighted by Gasteiger charge is -2.57. The normalized spacial score (nSPS) is 31.5. The third kappa shape index (κ3) is 5.52. The fourth-order valence-electron chi connectivity index (χ4n) is 6.73. The van der Waals surface area contributed by atoms with Crippen LogP contribution in [0.1, 0.15) is 84.1 Å².